The predicted octanol–water partition coefficient (Wildman–Crippen LogP) is 6.79. The highest BCUT2D eigenvalue weighted by molar-refractivity contribution is 5.78. The molecule has 1 N–H and O–H groups in total. The molecule has 0 aliphatic rings. The van der Waals surface area contributed by atoms with E-state index in [2.05, 4.69) is 21.3 Å². The fourth-order valence-electron chi connectivity index (χ4n) is 3.61. The van der Waals surface area contributed by atoms with Crippen LogP contribution in [0.3, 0.4) is 0 Å². The number of aromatic nitrogens is 3. The molecule has 0 fully saturated rings. The third-order valence-corrected chi connectivity index (χ3v) is 5.34. The number of amides is 1. The monoisotopic (exact) mass is 566 g/mol. The molecule has 7 nitrogen and oxygen atoms in total. The maximum atomic E-state index is 14.8. The van der Waals surface area contributed by atoms with E-state index in [1.54, 1.807) is 57.2 Å². The molecule has 2 aromatic carbocycles. The number of nitrogens with one attached hydrogen (secondary N) is 1. The van der Waals surface area contributed by atoms with E-state index in [0.29, 0.717) is 16.8 Å². The summed E-state index contributed by atoms with van der Waals surface area (Å²) in [4.78, 5) is 16.1. The lowest BCUT2D eigenvalue weighted by Gasteiger charge is -2.19. The van der Waals surface area contributed by atoms with Crippen LogP contribution in [0.5, 0.6) is 0 Å². The predicted molar refractivity (Wildman–Crippen MR) is 151 cm³/mol. The quantitative estimate of drug-likeness (QED) is 0.249. The van der Waals surface area contributed by atoms with Gasteiger partial charge in [0.05, 0.1) is 17.8 Å². The maximum Gasteiger partial charge on any atom is 0.407 e. The summed E-state index contributed by atoms with van der Waals surface area (Å²) in [6.07, 6.45) is 2.12. The first kappa shape index (κ1) is 31.2. The molecular formula is C31H33F3N4O3. The minimum Gasteiger partial charge on any atom is -0.444 e. The van der Waals surface area contributed by atoms with Gasteiger partial charge in [0.15, 0.2) is 0 Å². The van der Waals surface area contributed by atoms with Crippen LogP contribution in [0.1, 0.15) is 51.3 Å². The van der Waals surface area contributed by atoms with Crippen molar-refractivity contribution < 1.29 is 27.4 Å². The van der Waals surface area contributed by atoms with E-state index in [9.17, 15) is 18.0 Å². The fourth-order valence-corrected chi connectivity index (χ4v) is 3.61. The van der Waals surface area contributed by atoms with E-state index in [1.165, 1.54) is 29.2 Å². The Kier molecular flexibility index (Phi) is 10.5. The summed E-state index contributed by atoms with van der Waals surface area (Å²) in [5.41, 5.74) is 1.96. The Bertz CT molecular complexity index is 1520. The van der Waals surface area contributed by atoms with Gasteiger partial charge in [-0.05, 0) is 44.4 Å². The molecule has 4 rings (SSSR count). The van der Waals surface area contributed by atoms with Gasteiger partial charge in [0, 0.05) is 29.4 Å². The van der Waals surface area contributed by atoms with Crippen LogP contribution in [0.25, 0.3) is 16.8 Å². The summed E-state index contributed by atoms with van der Waals surface area (Å²) in [7, 11) is 0. The van der Waals surface area contributed by atoms with Gasteiger partial charge in [-0.2, -0.15) is 13.9 Å². The lowest BCUT2D eigenvalue weighted by Crippen LogP contribution is -2.32. The van der Waals surface area contributed by atoms with E-state index in [4.69, 9.17) is 9.47 Å². The lowest BCUT2D eigenvalue weighted by molar-refractivity contribution is -0.0386. The zero-order valence-corrected chi connectivity index (χ0v) is 23.7. The molecule has 0 aliphatic heterocycles. The number of fused-ring (bicyclic) bond motifs is 1. The van der Waals surface area contributed by atoms with Gasteiger partial charge in [0.25, 0.3) is 0 Å². The van der Waals surface area contributed by atoms with Crippen LogP contribution in [-0.2, 0) is 22.6 Å². The zero-order chi connectivity index (χ0) is 30.0. The van der Waals surface area contributed by atoms with Gasteiger partial charge in [-0.15, -0.1) is 0 Å². The summed E-state index contributed by atoms with van der Waals surface area (Å²) in [6.45, 7) is 8.35. The largest absolute Gasteiger partial charge is 0.444 e. The van der Waals surface area contributed by atoms with Crippen LogP contribution in [0, 0.1) is 17.7 Å². The smallest absolute Gasteiger partial charge is 0.407 e. The van der Waals surface area contributed by atoms with Crippen LogP contribution in [0.15, 0.2) is 67.1 Å². The molecule has 0 bridgehead atoms. The second-order valence-electron chi connectivity index (χ2n) is 9.76. The summed E-state index contributed by atoms with van der Waals surface area (Å²) < 4.78 is 55.1. The van der Waals surface area contributed by atoms with Gasteiger partial charge < -0.3 is 14.8 Å². The first-order valence-corrected chi connectivity index (χ1v) is 13.1. The van der Waals surface area contributed by atoms with Crippen LogP contribution in [0.2, 0.25) is 0 Å². The average molecular weight is 567 g/mol. The summed E-state index contributed by atoms with van der Waals surface area (Å²) in [5.74, 6) is 0.521. The van der Waals surface area contributed by atoms with Gasteiger partial charge >= 0.3 is 12.0 Å². The maximum absolute atomic E-state index is 14.8. The van der Waals surface area contributed by atoms with Crippen molar-refractivity contribution >= 4 is 11.6 Å². The topological polar surface area (TPSA) is 77.8 Å². The van der Waals surface area contributed by atoms with Crippen LogP contribution < -0.4 is 5.32 Å². The second kappa shape index (κ2) is 13.8. The molecule has 0 saturated heterocycles. The Morgan fingerprint density at radius 3 is 2.49 bits per heavy atom. The molecule has 0 unspecified atom stereocenters. The number of ether oxygens (including phenoxy) is 2. The van der Waals surface area contributed by atoms with Gasteiger partial charge in [-0.3, -0.25) is 0 Å². The molecule has 0 aliphatic carbocycles. The number of hydrogen-bond donors (Lipinski definition) is 1. The number of halogens is 3. The summed E-state index contributed by atoms with van der Waals surface area (Å²) >= 11 is 0. The number of rotatable bonds is 7. The van der Waals surface area contributed by atoms with Crippen molar-refractivity contribution in [1.29, 1.82) is 0 Å². The Balaban J connectivity index is 0.00000226. The van der Waals surface area contributed by atoms with Crippen LogP contribution in [0.4, 0.5) is 18.0 Å². The van der Waals surface area contributed by atoms with E-state index in [1.807, 2.05) is 25.8 Å². The Hall–Kier alpha value is -4.36. The van der Waals surface area contributed by atoms with E-state index in [0.717, 1.165) is 5.56 Å². The lowest BCUT2D eigenvalue weighted by atomic mass is 10.1. The molecular weight excluding hydrogens is 533 g/mol. The minimum absolute atomic E-state index is 0.0551. The molecule has 0 atom stereocenters. The normalized spacial score (nSPS) is 11.2. The molecule has 2 heterocycles. The van der Waals surface area contributed by atoms with Gasteiger partial charge in [0.2, 0.25) is 0 Å². The molecule has 10 heteroatoms. The van der Waals surface area contributed by atoms with Crippen molar-refractivity contribution in [3.63, 3.8) is 0 Å². The van der Waals surface area contributed by atoms with Crippen LogP contribution >= 0.6 is 0 Å². The minimum atomic E-state index is -3.36. The molecule has 1 amide bonds. The molecule has 41 heavy (non-hydrogen) atoms. The number of hydrogen-bond acceptors (Lipinski definition) is 5. The Morgan fingerprint density at radius 2 is 1.80 bits per heavy atom. The molecule has 2 aromatic heterocycles. The molecule has 216 valence electrons. The van der Waals surface area contributed by atoms with Crippen molar-refractivity contribution in [2.45, 2.75) is 59.3 Å². The third kappa shape index (κ3) is 9.36. The summed E-state index contributed by atoms with van der Waals surface area (Å²) in [6, 6.07) is 15.0. The van der Waals surface area contributed by atoms with Crippen molar-refractivity contribution in [2.24, 2.45) is 0 Å². The highest BCUT2D eigenvalue weighted by atomic mass is 19.3. The van der Waals surface area contributed by atoms with Gasteiger partial charge in [-0.25, -0.2) is 18.7 Å². The standard InChI is InChI=1S/C29H27F3N4O3.C2H6/c1-28(2,3)39-27(37)33-15-23-10-9-22(14-24(23)30)26-25-13-21(16-36(25)35-19-34-26)11-12-29(31,32)18-38-17-20-7-5-4-6-8-20;1-2/h4-10,13-14,16,19H,15,17-18H2,1-3H3,(H,33,37);1-2H3. The van der Waals surface area contributed by atoms with E-state index < -0.39 is 30.0 Å². The average Bonchev–Trinajstić information content (AvgIpc) is 3.35. The van der Waals surface area contributed by atoms with Crippen LogP contribution in [-0.4, -0.2) is 38.8 Å². The van der Waals surface area contributed by atoms with Crippen molar-refractivity contribution in [3.8, 4) is 23.1 Å². The Morgan fingerprint density at radius 1 is 1.07 bits per heavy atom. The number of benzene rings is 2. The first-order valence-electron chi connectivity index (χ1n) is 13.1. The van der Waals surface area contributed by atoms with Crippen molar-refractivity contribution in [2.75, 3.05) is 6.61 Å². The van der Waals surface area contributed by atoms with Crippen molar-refractivity contribution in [3.05, 3.63) is 89.6 Å². The van der Waals surface area contributed by atoms with E-state index in [-0.39, 0.29) is 24.3 Å². The van der Waals surface area contributed by atoms with Gasteiger partial charge in [0.1, 0.15) is 24.4 Å². The fraction of sp³-hybridized carbons (Fsp3) is 0.323. The molecule has 0 saturated carbocycles. The number of carbonyl (C=O) groups is 1. The zero-order valence-electron chi connectivity index (χ0n) is 23.7. The number of carbonyl (C=O) groups excluding carboxylic acids is 1. The first-order chi connectivity index (χ1) is 19.5. The molecule has 4 aromatic rings. The number of nitrogens with zero attached hydrogens (tertiary/aromatic N) is 3. The SMILES string of the molecule is CC.CC(C)(C)OC(=O)NCc1ccc(-c2ncnn3cc(C#CC(F)(F)COCc4ccccc4)cc23)cc1F. The van der Waals surface area contributed by atoms with Gasteiger partial charge in [-0.1, -0.05) is 62.2 Å². The van der Waals surface area contributed by atoms with E-state index >= 15 is 0 Å². The molecule has 0 spiro atoms. The number of alkyl halides is 2. The summed E-state index contributed by atoms with van der Waals surface area (Å²) in [5, 5.41) is 6.62. The third-order valence-electron chi connectivity index (χ3n) is 5.34. The number of alkyl carbamates (subject to hydrolysis) is 1. The second-order valence-corrected chi connectivity index (χ2v) is 9.76. The highest BCUT2D eigenvalue weighted by Gasteiger charge is 2.26. The molecule has 0 radical (unpaired) electrons. The Labute approximate surface area is 237 Å². The highest BCUT2D eigenvalue weighted by Crippen LogP contribution is 2.25. The van der Waals surface area contributed by atoms with Crippen molar-refractivity contribution in [1.82, 2.24) is 19.9 Å².